The van der Waals surface area contributed by atoms with E-state index in [1.165, 1.54) is 6.33 Å². The molecule has 0 bridgehead atoms. The second-order valence-corrected chi connectivity index (χ2v) is 8.91. The normalized spacial score (nSPS) is 15.6. The summed E-state index contributed by atoms with van der Waals surface area (Å²) >= 11 is 0. The lowest BCUT2D eigenvalue weighted by Gasteiger charge is -2.33. The molecule has 1 fully saturated rings. The number of hydrogen-bond acceptors (Lipinski definition) is 7. The van der Waals surface area contributed by atoms with E-state index in [1.54, 1.807) is 24.8 Å². The number of piperidine rings is 1. The number of amides is 1. The van der Waals surface area contributed by atoms with Gasteiger partial charge in [-0.1, -0.05) is 30.3 Å². The molecule has 8 heteroatoms. The number of hydrogen-bond donors (Lipinski definition) is 0. The van der Waals surface area contributed by atoms with Crippen LogP contribution >= 0.6 is 0 Å². The van der Waals surface area contributed by atoms with Crippen molar-refractivity contribution in [3.63, 3.8) is 0 Å². The standard InChI is InChI=1S/C27H27N7O/c1-33(2)27-31-16-24(19-7-4-3-5-8-19)25(32-27)20-9-6-10-34(17-20)26(35)22-11-21(12-28-13-22)23-14-29-18-30-15-23/h3-5,7-8,11-16,18,20H,6,9-10,17H2,1-2H3/t20-/m1/s1. The number of rotatable bonds is 5. The Balaban J connectivity index is 1.44. The quantitative estimate of drug-likeness (QED) is 0.439. The third-order valence-electron chi connectivity index (χ3n) is 6.26. The van der Waals surface area contributed by atoms with E-state index < -0.39 is 0 Å². The van der Waals surface area contributed by atoms with Crippen molar-refractivity contribution in [3.05, 3.63) is 85.0 Å². The summed E-state index contributed by atoms with van der Waals surface area (Å²) in [6, 6.07) is 12.1. The maximum Gasteiger partial charge on any atom is 0.255 e. The molecule has 0 N–H and O–H groups in total. The first-order chi connectivity index (χ1) is 17.1. The van der Waals surface area contributed by atoms with Crippen molar-refractivity contribution in [1.82, 2.24) is 29.8 Å². The smallest absolute Gasteiger partial charge is 0.255 e. The van der Waals surface area contributed by atoms with Crippen LogP contribution in [0.5, 0.6) is 0 Å². The monoisotopic (exact) mass is 465 g/mol. The molecule has 0 radical (unpaired) electrons. The Morgan fingerprint density at radius 2 is 1.71 bits per heavy atom. The van der Waals surface area contributed by atoms with Gasteiger partial charge in [-0.25, -0.2) is 19.9 Å². The Kier molecular flexibility index (Phi) is 6.43. The molecule has 5 rings (SSSR count). The van der Waals surface area contributed by atoms with Crippen LogP contribution < -0.4 is 4.90 Å². The van der Waals surface area contributed by atoms with Gasteiger partial charge in [0.1, 0.15) is 6.33 Å². The molecule has 1 aromatic carbocycles. The van der Waals surface area contributed by atoms with Gasteiger partial charge in [0.25, 0.3) is 5.91 Å². The van der Waals surface area contributed by atoms with Crippen LogP contribution in [-0.2, 0) is 0 Å². The van der Waals surface area contributed by atoms with Gasteiger partial charge in [0.05, 0.1) is 11.3 Å². The summed E-state index contributed by atoms with van der Waals surface area (Å²) in [5, 5.41) is 0. The molecule has 0 unspecified atom stereocenters. The number of benzene rings is 1. The number of carbonyl (C=O) groups is 1. The summed E-state index contributed by atoms with van der Waals surface area (Å²) in [5.41, 5.74) is 5.30. The van der Waals surface area contributed by atoms with Crippen LogP contribution in [0.2, 0.25) is 0 Å². The average Bonchev–Trinajstić information content (AvgIpc) is 2.93. The second kappa shape index (κ2) is 9.97. The minimum atomic E-state index is -0.0240. The maximum absolute atomic E-state index is 13.5. The lowest BCUT2D eigenvalue weighted by Crippen LogP contribution is -2.39. The number of pyridine rings is 1. The first-order valence-corrected chi connectivity index (χ1v) is 11.7. The molecule has 1 saturated heterocycles. The number of aromatic nitrogens is 5. The molecule has 35 heavy (non-hydrogen) atoms. The summed E-state index contributed by atoms with van der Waals surface area (Å²) < 4.78 is 0. The fourth-order valence-corrected chi connectivity index (χ4v) is 4.48. The zero-order chi connectivity index (χ0) is 24.2. The van der Waals surface area contributed by atoms with E-state index in [-0.39, 0.29) is 11.8 Å². The molecule has 3 aromatic heterocycles. The van der Waals surface area contributed by atoms with Crippen molar-refractivity contribution in [2.75, 3.05) is 32.1 Å². The molecule has 4 heterocycles. The SMILES string of the molecule is CN(C)c1ncc(-c2ccccc2)c([C@@H]2CCCN(C(=O)c3cncc(-c4cncnc4)c3)C2)n1. The third kappa shape index (κ3) is 4.87. The van der Waals surface area contributed by atoms with Gasteiger partial charge in [0.15, 0.2) is 0 Å². The lowest BCUT2D eigenvalue weighted by molar-refractivity contribution is 0.0705. The van der Waals surface area contributed by atoms with Crippen molar-refractivity contribution in [2.45, 2.75) is 18.8 Å². The Hall–Kier alpha value is -4.20. The Labute approximate surface area is 204 Å². The van der Waals surface area contributed by atoms with Gasteiger partial charge in [0.2, 0.25) is 5.95 Å². The molecule has 176 valence electrons. The number of nitrogens with zero attached hydrogens (tertiary/aromatic N) is 7. The van der Waals surface area contributed by atoms with E-state index in [9.17, 15) is 4.79 Å². The summed E-state index contributed by atoms with van der Waals surface area (Å²) in [7, 11) is 3.88. The highest BCUT2D eigenvalue weighted by Gasteiger charge is 2.29. The van der Waals surface area contributed by atoms with Crippen molar-refractivity contribution in [2.24, 2.45) is 0 Å². The van der Waals surface area contributed by atoms with Gasteiger partial charge in [-0.2, -0.15) is 0 Å². The minimum Gasteiger partial charge on any atom is -0.347 e. The summed E-state index contributed by atoms with van der Waals surface area (Å²) in [5.74, 6) is 0.762. The van der Waals surface area contributed by atoms with Crippen LogP contribution in [0.25, 0.3) is 22.3 Å². The van der Waals surface area contributed by atoms with E-state index >= 15 is 0 Å². The summed E-state index contributed by atoms with van der Waals surface area (Å²) in [6.07, 6.45) is 12.1. The average molecular weight is 466 g/mol. The van der Waals surface area contributed by atoms with E-state index in [2.05, 4.69) is 32.1 Å². The predicted octanol–water partition coefficient (Wildman–Crippen LogP) is 4.08. The van der Waals surface area contributed by atoms with Crippen LogP contribution in [0.1, 0.15) is 34.8 Å². The second-order valence-electron chi connectivity index (χ2n) is 8.91. The Morgan fingerprint density at radius 1 is 0.943 bits per heavy atom. The third-order valence-corrected chi connectivity index (χ3v) is 6.26. The number of likely N-dealkylation sites (tertiary alicyclic amines) is 1. The molecule has 1 aliphatic rings. The summed E-state index contributed by atoms with van der Waals surface area (Å²) in [6.45, 7) is 1.31. The van der Waals surface area contributed by atoms with Crippen LogP contribution in [0.3, 0.4) is 0 Å². The fraction of sp³-hybridized carbons (Fsp3) is 0.259. The molecule has 0 aliphatic carbocycles. The van der Waals surface area contributed by atoms with Crippen molar-refractivity contribution >= 4 is 11.9 Å². The van der Waals surface area contributed by atoms with Crippen LogP contribution in [-0.4, -0.2) is 62.9 Å². The van der Waals surface area contributed by atoms with Gasteiger partial charge < -0.3 is 9.80 Å². The highest BCUT2D eigenvalue weighted by molar-refractivity contribution is 5.95. The van der Waals surface area contributed by atoms with Gasteiger partial charge in [-0.15, -0.1) is 0 Å². The zero-order valence-electron chi connectivity index (χ0n) is 19.9. The highest BCUT2D eigenvalue weighted by Crippen LogP contribution is 2.34. The Morgan fingerprint density at radius 3 is 2.49 bits per heavy atom. The molecule has 4 aromatic rings. The predicted molar refractivity (Wildman–Crippen MR) is 135 cm³/mol. The van der Waals surface area contributed by atoms with Crippen molar-refractivity contribution < 1.29 is 4.79 Å². The Bertz CT molecular complexity index is 1310. The van der Waals surface area contributed by atoms with E-state index in [0.717, 1.165) is 40.8 Å². The van der Waals surface area contributed by atoms with Crippen molar-refractivity contribution in [3.8, 4) is 22.3 Å². The number of carbonyl (C=O) groups excluding carboxylic acids is 1. The highest BCUT2D eigenvalue weighted by atomic mass is 16.2. The molecule has 1 atom stereocenters. The van der Waals surface area contributed by atoms with Crippen LogP contribution in [0.15, 0.2) is 73.7 Å². The molecular formula is C27H27N7O. The van der Waals surface area contributed by atoms with Gasteiger partial charge >= 0.3 is 0 Å². The van der Waals surface area contributed by atoms with E-state index in [4.69, 9.17) is 4.98 Å². The van der Waals surface area contributed by atoms with Crippen LogP contribution in [0, 0.1) is 0 Å². The molecular weight excluding hydrogens is 438 g/mol. The zero-order valence-corrected chi connectivity index (χ0v) is 19.9. The van der Waals surface area contributed by atoms with Crippen molar-refractivity contribution in [1.29, 1.82) is 0 Å². The molecule has 1 amide bonds. The minimum absolute atomic E-state index is 0.0240. The largest absolute Gasteiger partial charge is 0.347 e. The molecule has 8 nitrogen and oxygen atoms in total. The van der Waals surface area contributed by atoms with Crippen LogP contribution in [0.4, 0.5) is 5.95 Å². The number of anilines is 1. The van der Waals surface area contributed by atoms with E-state index in [0.29, 0.717) is 24.6 Å². The van der Waals surface area contributed by atoms with E-state index in [1.807, 2.05) is 54.4 Å². The maximum atomic E-state index is 13.5. The summed E-state index contributed by atoms with van der Waals surface area (Å²) in [4.78, 5) is 39.3. The fourth-order valence-electron chi connectivity index (χ4n) is 4.48. The van der Waals surface area contributed by atoms with Gasteiger partial charge in [-0.3, -0.25) is 9.78 Å². The molecule has 0 spiro atoms. The molecule has 1 aliphatic heterocycles. The molecule has 0 saturated carbocycles. The topological polar surface area (TPSA) is 88.0 Å². The lowest BCUT2D eigenvalue weighted by atomic mass is 9.89. The van der Waals surface area contributed by atoms with Gasteiger partial charge in [-0.05, 0) is 24.5 Å². The first kappa shape index (κ1) is 22.6. The first-order valence-electron chi connectivity index (χ1n) is 11.7. The van der Waals surface area contributed by atoms with Gasteiger partial charge in [0, 0.05) is 80.8 Å².